The third-order valence-electron chi connectivity index (χ3n) is 8.15. The van der Waals surface area contributed by atoms with Gasteiger partial charge in [-0.25, -0.2) is 0 Å². The van der Waals surface area contributed by atoms with E-state index in [0.717, 1.165) is 0 Å². The summed E-state index contributed by atoms with van der Waals surface area (Å²) >= 11 is 0. The summed E-state index contributed by atoms with van der Waals surface area (Å²) in [5, 5.41) is 34.6. The van der Waals surface area contributed by atoms with E-state index in [-0.39, 0.29) is 37.1 Å². The van der Waals surface area contributed by atoms with Crippen LogP contribution in [0.2, 0.25) is 0 Å². The Morgan fingerprint density at radius 2 is 1.22 bits per heavy atom. The predicted molar refractivity (Wildman–Crippen MR) is 184 cm³/mol. The normalized spacial score (nSPS) is 16.2. The second-order valence-corrected chi connectivity index (χ2v) is 13.5. The van der Waals surface area contributed by atoms with E-state index in [1.807, 2.05) is 27.7 Å². The monoisotopic (exact) mass is 699 g/mol. The molecule has 5 amide bonds. The first-order valence-corrected chi connectivity index (χ1v) is 17.2. The maximum absolute atomic E-state index is 13.5. The zero-order valence-corrected chi connectivity index (χ0v) is 30.6. The fraction of sp³-hybridized carbons (Fsp3) is 0.788. The minimum absolute atomic E-state index is 0.0951. The Morgan fingerprint density at radius 3 is 1.71 bits per heavy atom. The molecule has 0 aromatic carbocycles. The van der Waals surface area contributed by atoms with E-state index in [1.165, 1.54) is 6.92 Å². The number of hydrogen-bond donors (Lipinski definition) is 9. The van der Waals surface area contributed by atoms with Gasteiger partial charge in [0.2, 0.25) is 29.5 Å². The molecule has 0 aliphatic carbocycles. The van der Waals surface area contributed by atoms with Crippen LogP contribution in [0.1, 0.15) is 101 Å². The van der Waals surface area contributed by atoms with Crippen molar-refractivity contribution in [2.24, 2.45) is 23.5 Å². The molecule has 282 valence electrons. The highest BCUT2D eigenvalue weighted by molar-refractivity contribution is 5.94. The zero-order valence-electron chi connectivity index (χ0n) is 30.6. The maximum Gasteiger partial charge on any atom is 0.325 e. The van der Waals surface area contributed by atoms with Crippen molar-refractivity contribution in [3.05, 3.63) is 0 Å². The SMILES string of the molecule is CCC[C@H](NC(=O)[C@@H](NC(=O)[C@@H](N)CCC(=O)O)[C@@H](C)CC)C(=O)N[C@H](CN[C@@H](C)C(=O)N[C@H](C(=O)NC(C)C(=O)O)C(C)C)CC(C)C. The Morgan fingerprint density at radius 1 is 0.653 bits per heavy atom. The highest BCUT2D eigenvalue weighted by atomic mass is 16.4. The van der Waals surface area contributed by atoms with Crippen LogP contribution in [-0.2, 0) is 33.6 Å². The molecule has 0 aliphatic heterocycles. The highest BCUT2D eigenvalue weighted by Gasteiger charge is 2.32. The van der Waals surface area contributed by atoms with E-state index in [2.05, 4.69) is 31.9 Å². The zero-order chi connectivity index (χ0) is 38.0. The van der Waals surface area contributed by atoms with Crippen LogP contribution < -0.4 is 37.6 Å². The molecular formula is C33H61N7O9. The first-order valence-electron chi connectivity index (χ1n) is 17.2. The summed E-state index contributed by atoms with van der Waals surface area (Å²) in [5.74, 6) is -5.52. The molecular weight excluding hydrogens is 638 g/mol. The van der Waals surface area contributed by atoms with Gasteiger partial charge in [0.1, 0.15) is 24.2 Å². The maximum atomic E-state index is 13.5. The van der Waals surface area contributed by atoms with Gasteiger partial charge in [0.15, 0.2) is 0 Å². The summed E-state index contributed by atoms with van der Waals surface area (Å²) in [4.78, 5) is 87.4. The molecule has 10 N–H and O–H groups in total. The number of nitrogens with one attached hydrogen (secondary N) is 6. The number of carboxylic acid groups (broad SMARTS) is 2. The highest BCUT2D eigenvalue weighted by Crippen LogP contribution is 2.12. The number of hydrogen-bond acceptors (Lipinski definition) is 9. The van der Waals surface area contributed by atoms with Crippen molar-refractivity contribution in [3.63, 3.8) is 0 Å². The molecule has 16 nitrogen and oxygen atoms in total. The Hall–Kier alpha value is -3.79. The second kappa shape index (κ2) is 22.8. The van der Waals surface area contributed by atoms with Crippen LogP contribution in [-0.4, -0.2) is 101 Å². The number of carbonyl (C=O) groups excluding carboxylic acids is 5. The Labute approximate surface area is 290 Å². The lowest BCUT2D eigenvalue weighted by atomic mass is 9.96. The van der Waals surface area contributed by atoms with Gasteiger partial charge in [-0.3, -0.25) is 33.6 Å². The lowest BCUT2D eigenvalue weighted by Crippen LogP contribution is -2.59. The molecule has 8 atom stereocenters. The Kier molecular flexibility index (Phi) is 21.0. The molecule has 0 fully saturated rings. The molecule has 0 aromatic rings. The number of aliphatic carboxylic acids is 2. The van der Waals surface area contributed by atoms with Crippen LogP contribution in [0.3, 0.4) is 0 Å². The summed E-state index contributed by atoms with van der Waals surface area (Å²) in [6, 6.07) is -6.34. The van der Waals surface area contributed by atoms with Gasteiger partial charge in [-0.1, -0.05) is 61.3 Å². The number of carboxylic acids is 2. The van der Waals surface area contributed by atoms with Crippen molar-refractivity contribution in [1.82, 2.24) is 31.9 Å². The number of rotatable bonds is 24. The molecule has 0 aliphatic rings. The molecule has 0 saturated heterocycles. The van der Waals surface area contributed by atoms with Gasteiger partial charge in [0, 0.05) is 19.0 Å². The molecule has 0 spiro atoms. The van der Waals surface area contributed by atoms with Crippen molar-refractivity contribution < 1.29 is 43.8 Å². The van der Waals surface area contributed by atoms with Gasteiger partial charge in [0.05, 0.1) is 12.1 Å². The molecule has 1 unspecified atom stereocenters. The third kappa shape index (κ3) is 17.4. The van der Waals surface area contributed by atoms with Gasteiger partial charge in [-0.05, 0) is 50.9 Å². The Bertz CT molecular complexity index is 1120. The number of nitrogens with two attached hydrogens (primary N) is 1. The summed E-state index contributed by atoms with van der Waals surface area (Å²) in [7, 11) is 0. The van der Waals surface area contributed by atoms with E-state index in [0.29, 0.717) is 25.7 Å². The van der Waals surface area contributed by atoms with Crippen LogP contribution in [0, 0.1) is 17.8 Å². The van der Waals surface area contributed by atoms with Crippen LogP contribution in [0.5, 0.6) is 0 Å². The summed E-state index contributed by atoms with van der Waals surface area (Å²) < 4.78 is 0. The molecule has 0 radical (unpaired) electrons. The van der Waals surface area contributed by atoms with Crippen molar-refractivity contribution in [2.45, 2.75) is 143 Å². The van der Waals surface area contributed by atoms with E-state index in [9.17, 15) is 33.6 Å². The van der Waals surface area contributed by atoms with Crippen LogP contribution >= 0.6 is 0 Å². The Balaban J connectivity index is 5.64. The molecule has 49 heavy (non-hydrogen) atoms. The molecule has 0 heterocycles. The number of amides is 5. The summed E-state index contributed by atoms with van der Waals surface area (Å²) in [5.41, 5.74) is 5.85. The molecule has 0 bridgehead atoms. The van der Waals surface area contributed by atoms with Crippen LogP contribution in [0.25, 0.3) is 0 Å². The third-order valence-corrected chi connectivity index (χ3v) is 8.15. The summed E-state index contributed by atoms with van der Waals surface area (Å²) in [6.45, 7) is 16.0. The fourth-order valence-electron chi connectivity index (χ4n) is 4.85. The van der Waals surface area contributed by atoms with Crippen molar-refractivity contribution in [3.8, 4) is 0 Å². The van der Waals surface area contributed by atoms with Crippen molar-refractivity contribution in [1.29, 1.82) is 0 Å². The summed E-state index contributed by atoms with van der Waals surface area (Å²) in [6.07, 6.45) is 1.57. The minimum atomic E-state index is -1.20. The van der Waals surface area contributed by atoms with Gasteiger partial charge < -0.3 is 47.8 Å². The van der Waals surface area contributed by atoms with Gasteiger partial charge in [0.25, 0.3) is 0 Å². The average Bonchev–Trinajstić information content (AvgIpc) is 3.01. The van der Waals surface area contributed by atoms with E-state index < -0.39 is 83.8 Å². The van der Waals surface area contributed by atoms with Gasteiger partial charge >= 0.3 is 11.9 Å². The van der Waals surface area contributed by atoms with Gasteiger partial charge in [-0.15, -0.1) is 0 Å². The standard InChI is InChI=1S/C33H61N7O9/c1-10-12-24(38-32(47)27(19(7)11-2)40-29(44)23(34)13-14-25(41)42)30(45)37-22(15-17(3)4)16-35-20(8)28(43)39-26(18(5)6)31(46)36-21(9)33(48)49/h17-24,26-27,35H,10-16,34H2,1-9H3,(H,36,46)(H,37,45)(H,38,47)(H,39,43)(H,40,44)(H,41,42)(H,48,49)/t19-,20-,21?,22-,23-,24-,26-,27-/m0/s1. The topological polar surface area (TPSA) is 258 Å². The molecule has 0 rings (SSSR count). The minimum Gasteiger partial charge on any atom is -0.481 e. The van der Waals surface area contributed by atoms with Crippen molar-refractivity contribution in [2.75, 3.05) is 6.54 Å². The van der Waals surface area contributed by atoms with Crippen LogP contribution in [0.4, 0.5) is 0 Å². The lowest BCUT2D eigenvalue weighted by Gasteiger charge is -2.29. The van der Waals surface area contributed by atoms with Crippen molar-refractivity contribution >= 4 is 41.5 Å². The second-order valence-electron chi connectivity index (χ2n) is 13.5. The van der Waals surface area contributed by atoms with E-state index in [4.69, 9.17) is 15.9 Å². The van der Waals surface area contributed by atoms with Gasteiger partial charge in [-0.2, -0.15) is 0 Å². The lowest BCUT2D eigenvalue weighted by molar-refractivity contribution is -0.142. The molecule has 0 aromatic heterocycles. The largest absolute Gasteiger partial charge is 0.481 e. The number of carbonyl (C=O) groups is 7. The van der Waals surface area contributed by atoms with Crippen LogP contribution in [0.15, 0.2) is 0 Å². The molecule has 0 saturated carbocycles. The quantitative estimate of drug-likeness (QED) is 0.0659. The first-order chi connectivity index (χ1) is 22.7. The first kappa shape index (κ1) is 45.2. The van der Waals surface area contributed by atoms with E-state index in [1.54, 1.807) is 27.7 Å². The van der Waals surface area contributed by atoms with E-state index >= 15 is 0 Å². The molecule has 16 heteroatoms. The fourth-order valence-corrected chi connectivity index (χ4v) is 4.85. The smallest absolute Gasteiger partial charge is 0.325 e. The predicted octanol–water partition coefficient (Wildman–Crippen LogP) is 0.233. The average molecular weight is 700 g/mol.